The maximum Gasteiger partial charge on any atom is 0.199 e. The summed E-state index contributed by atoms with van der Waals surface area (Å²) in [5.74, 6) is 1.82. The summed E-state index contributed by atoms with van der Waals surface area (Å²) in [7, 11) is -0.833. The highest BCUT2D eigenvalue weighted by Crippen LogP contribution is 2.36. The first-order valence-electron chi connectivity index (χ1n) is 8.66. The van der Waals surface area contributed by atoms with E-state index in [0.717, 1.165) is 21.3 Å². The maximum absolute atomic E-state index is 8.49. The van der Waals surface area contributed by atoms with Crippen LogP contribution in [0.4, 0.5) is 0 Å². The molecule has 0 atom stereocenters. The zero-order chi connectivity index (χ0) is 21.7. The smallest absolute Gasteiger partial charge is 0.199 e. The average Bonchev–Trinajstić information content (AvgIpc) is 3.40. The van der Waals surface area contributed by atoms with Crippen molar-refractivity contribution in [3.05, 3.63) is 92.4 Å². The summed E-state index contributed by atoms with van der Waals surface area (Å²) in [5, 5.41) is 4.16. The Morgan fingerprint density at radius 1 is 0.767 bits per heavy atom. The topological polar surface area (TPSA) is 104 Å². The molecule has 4 rings (SSSR count). The normalized spacial score (nSPS) is 15.9. The summed E-state index contributed by atoms with van der Waals surface area (Å²) >= 11 is 3.39. The molecule has 30 heavy (non-hydrogen) atoms. The third kappa shape index (κ3) is 6.35. The second kappa shape index (κ2) is 9.67. The second-order valence-electron chi connectivity index (χ2n) is 6.35. The van der Waals surface area contributed by atoms with E-state index >= 15 is 0 Å². The molecular weight excluding hydrogens is 446 g/mol. The Bertz CT molecular complexity index is 989. The van der Waals surface area contributed by atoms with Crippen LogP contribution in [-0.2, 0) is 4.74 Å². The molecular formula is C21H18ClNO5S2. The molecule has 0 unspecified atom stereocenters. The zero-order valence-corrected chi connectivity index (χ0v) is 18.5. The number of allylic oxidation sites excluding steroid dienone is 8. The predicted octanol–water partition coefficient (Wildman–Crippen LogP) is 0.601. The van der Waals surface area contributed by atoms with Gasteiger partial charge in [-0.2, -0.15) is 0 Å². The highest BCUT2D eigenvalue weighted by molar-refractivity contribution is 7.11. The van der Waals surface area contributed by atoms with Crippen molar-refractivity contribution in [3.63, 3.8) is 0 Å². The van der Waals surface area contributed by atoms with Crippen molar-refractivity contribution in [2.45, 2.75) is 0 Å². The van der Waals surface area contributed by atoms with Gasteiger partial charge in [0.1, 0.15) is 25.6 Å². The van der Waals surface area contributed by atoms with E-state index in [1.54, 1.807) is 22.7 Å². The van der Waals surface area contributed by atoms with Gasteiger partial charge in [0.15, 0.2) is 5.71 Å². The number of thiophene rings is 2. The molecule has 0 fully saturated rings. The fourth-order valence-electron chi connectivity index (χ4n) is 2.70. The van der Waals surface area contributed by atoms with Crippen LogP contribution in [-0.4, -0.2) is 24.4 Å². The third-order valence-corrected chi connectivity index (χ3v) is 5.81. The lowest BCUT2D eigenvalue weighted by atomic mass is 9.99. The first-order valence-corrected chi connectivity index (χ1v) is 11.7. The summed E-state index contributed by atoms with van der Waals surface area (Å²) in [5.41, 5.74) is 3.56. The Morgan fingerprint density at radius 2 is 1.23 bits per heavy atom. The molecule has 156 valence electrons. The largest absolute Gasteiger partial charge is 0.454 e. The summed E-state index contributed by atoms with van der Waals surface area (Å²) in [4.78, 5) is 2.29. The van der Waals surface area contributed by atoms with Gasteiger partial charge in [-0.25, -0.2) is 23.2 Å². The number of ether oxygens (including phenoxy) is 1. The first kappa shape index (κ1) is 22.4. The van der Waals surface area contributed by atoms with Crippen LogP contribution in [0.25, 0.3) is 11.5 Å². The van der Waals surface area contributed by atoms with E-state index in [9.17, 15) is 0 Å². The van der Waals surface area contributed by atoms with Crippen molar-refractivity contribution in [2.75, 3.05) is 14.1 Å². The van der Waals surface area contributed by atoms with Gasteiger partial charge in [-0.05, 0) is 58.3 Å². The molecule has 1 aliphatic carbocycles. The minimum Gasteiger partial charge on any atom is -0.454 e. The summed E-state index contributed by atoms with van der Waals surface area (Å²) in [6.07, 6.45) is 12.9. The summed E-state index contributed by atoms with van der Waals surface area (Å²) in [6, 6.07) is 8.30. The molecule has 3 heterocycles. The van der Waals surface area contributed by atoms with Crippen molar-refractivity contribution in [2.24, 2.45) is 0 Å². The van der Waals surface area contributed by atoms with Gasteiger partial charge in [0.25, 0.3) is 0 Å². The molecule has 6 nitrogen and oxygen atoms in total. The third-order valence-electron chi connectivity index (χ3n) is 4.04. The Labute approximate surface area is 184 Å². The van der Waals surface area contributed by atoms with E-state index in [-0.39, 0.29) is 0 Å². The van der Waals surface area contributed by atoms with Gasteiger partial charge in [0.05, 0.1) is 9.75 Å². The number of halogens is 1. The number of nitrogens with zero attached hydrogens (tertiary/aromatic N) is 1. The van der Waals surface area contributed by atoms with Gasteiger partial charge in [0.2, 0.25) is 0 Å². The molecule has 0 saturated carbocycles. The Hall–Kier alpha value is -2.30. The van der Waals surface area contributed by atoms with Crippen LogP contribution in [0.15, 0.2) is 82.6 Å². The highest BCUT2D eigenvalue weighted by atomic mass is 35.7. The van der Waals surface area contributed by atoms with Crippen LogP contribution >= 0.6 is 22.7 Å². The summed E-state index contributed by atoms with van der Waals surface area (Å²) < 4.78 is 42.3. The van der Waals surface area contributed by atoms with E-state index in [1.807, 2.05) is 0 Å². The molecule has 2 aromatic heterocycles. The fraction of sp³-hybridized carbons (Fsp3) is 0.0952. The molecule has 0 amide bonds. The van der Waals surface area contributed by atoms with Gasteiger partial charge < -0.3 is 4.74 Å². The van der Waals surface area contributed by atoms with Crippen molar-refractivity contribution in [1.82, 2.24) is 0 Å². The summed E-state index contributed by atoms with van der Waals surface area (Å²) in [6.45, 7) is 0. The van der Waals surface area contributed by atoms with Gasteiger partial charge in [-0.3, -0.25) is 0 Å². The number of rotatable bonds is 2. The Kier molecular flexibility index (Phi) is 7.22. The SMILES string of the molecule is C[N+](C)=C1C=CC(=C2C=C(c3cccs3)OC(c3cccs3)=C2)C=C1.[O-][Cl+3]([O-])([O-])[O-]. The van der Waals surface area contributed by atoms with E-state index in [4.69, 9.17) is 23.4 Å². The minimum atomic E-state index is -4.94. The van der Waals surface area contributed by atoms with Crippen LogP contribution in [0, 0.1) is 10.2 Å². The zero-order valence-electron chi connectivity index (χ0n) is 16.1. The van der Waals surface area contributed by atoms with Crippen molar-refractivity contribution >= 4 is 39.9 Å². The lowest BCUT2D eigenvalue weighted by molar-refractivity contribution is -2.00. The van der Waals surface area contributed by atoms with Crippen LogP contribution in [0.2, 0.25) is 0 Å². The molecule has 2 aliphatic rings. The minimum absolute atomic E-state index is 0.910. The lowest BCUT2D eigenvalue weighted by Gasteiger charge is -2.18. The van der Waals surface area contributed by atoms with Gasteiger partial charge >= 0.3 is 0 Å². The van der Waals surface area contributed by atoms with Crippen LogP contribution < -0.4 is 18.6 Å². The quantitative estimate of drug-likeness (QED) is 0.606. The van der Waals surface area contributed by atoms with Crippen molar-refractivity contribution in [3.8, 4) is 0 Å². The standard InChI is InChI=1S/C21H18NOS2.ClHO4/c1-22(2)17-9-7-15(8-10-17)16-13-18(20-5-3-11-24-20)23-19(14-16)21-6-4-12-25-21;2-1(3,4)5/h3-14H,1-2H3;(H,2,3,4,5)/q+1;/p-1. The molecule has 0 saturated heterocycles. The number of hydrogen-bond acceptors (Lipinski definition) is 7. The molecule has 0 bridgehead atoms. The van der Waals surface area contributed by atoms with E-state index in [0.29, 0.717) is 0 Å². The highest BCUT2D eigenvalue weighted by Gasteiger charge is 2.18. The lowest BCUT2D eigenvalue weighted by Crippen LogP contribution is -2.68. The molecule has 0 aromatic carbocycles. The maximum atomic E-state index is 8.49. The average molecular weight is 464 g/mol. The molecule has 0 N–H and O–H groups in total. The molecule has 0 radical (unpaired) electrons. The number of hydrogen-bond donors (Lipinski definition) is 0. The van der Waals surface area contributed by atoms with E-state index in [2.05, 4.69) is 90.2 Å². The second-order valence-corrected chi connectivity index (χ2v) is 9.00. The molecule has 9 heteroatoms. The Morgan fingerprint density at radius 3 is 1.60 bits per heavy atom. The van der Waals surface area contributed by atoms with Gasteiger partial charge in [-0.1, -0.05) is 12.1 Å². The molecule has 0 spiro atoms. The first-order chi connectivity index (χ1) is 14.2. The van der Waals surface area contributed by atoms with Crippen LogP contribution in [0.1, 0.15) is 9.75 Å². The molecule has 2 aromatic rings. The van der Waals surface area contributed by atoms with Crippen molar-refractivity contribution < 1.29 is 38.2 Å². The van der Waals surface area contributed by atoms with Crippen LogP contribution in [0.5, 0.6) is 0 Å². The van der Waals surface area contributed by atoms with Gasteiger partial charge in [-0.15, -0.1) is 32.9 Å². The monoisotopic (exact) mass is 463 g/mol. The van der Waals surface area contributed by atoms with E-state index < -0.39 is 10.2 Å². The fourth-order valence-corrected chi connectivity index (χ4v) is 4.06. The Balaban J connectivity index is 0.000000461. The predicted molar refractivity (Wildman–Crippen MR) is 108 cm³/mol. The van der Waals surface area contributed by atoms with E-state index in [1.165, 1.54) is 16.9 Å². The van der Waals surface area contributed by atoms with Crippen molar-refractivity contribution in [1.29, 1.82) is 0 Å². The van der Waals surface area contributed by atoms with Crippen LogP contribution in [0.3, 0.4) is 0 Å². The van der Waals surface area contributed by atoms with Gasteiger partial charge in [0, 0.05) is 12.2 Å². The molecule has 1 aliphatic heterocycles.